The quantitative estimate of drug-likeness (QED) is 0.661. The standard InChI is InChI=1S/C14H27N3O2.ClH/c1-3-10(2)17-13(18)7-8-16-14(19)12-6-4-5-11(12)9-15;/h10-12H,3-9,15H2,1-2H3,(H,16,19)(H,17,18);1H/t10?,11-,12-;/m1./s1. The number of hydrogen-bond donors (Lipinski definition) is 3. The van der Waals surface area contributed by atoms with E-state index in [1.54, 1.807) is 0 Å². The van der Waals surface area contributed by atoms with E-state index in [9.17, 15) is 9.59 Å². The van der Waals surface area contributed by atoms with Crippen molar-refractivity contribution in [3.8, 4) is 0 Å². The highest BCUT2D eigenvalue weighted by molar-refractivity contribution is 5.85. The van der Waals surface area contributed by atoms with Crippen molar-refractivity contribution in [3.63, 3.8) is 0 Å². The molecule has 0 aliphatic heterocycles. The third kappa shape index (κ3) is 6.09. The lowest BCUT2D eigenvalue weighted by atomic mass is 9.95. The minimum Gasteiger partial charge on any atom is -0.355 e. The Balaban J connectivity index is 0.00000361. The number of nitrogens with two attached hydrogens (primary N) is 1. The number of nitrogens with one attached hydrogen (secondary N) is 2. The van der Waals surface area contributed by atoms with Gasteiger partial charge in [-0.15, -0.1) is 12.4 Å². The molecular formula is C14H28ClN3O2. The monoisotopic (exact) mass is 305 g/mol. The zero-order valence-corrected chi connectivity index (χ0v) is 13.3. The summed E-state index contributed by atoms with van der Waals surface area (Å²) in [6.45, 7) is 4.99. The van der Waals surface area contributed by atoms with Crippen LogP contribution in [0.5, 0.6) is 0 Å². The maximum absolute atomic E-state index is 12.0. The minimum absolute atomic E-state index is 0. The van der Waals surface area contributed by atoms with Gasteiger partial charge in [0.1, 0.15) is 0 Å². The van der Waals surface area contributed by atoms with Gasteiger partial charge in [0.15, 0.2) is 0 Å². The largest absolute Gasteiger partial charge is 0.355 e. The molecule has 118 valence electrons. The molecule has 1 rings (SSSR count). The van der Waals surface area contributed by atoms with Gasteiger partial charge >= 0.3 is 0 Å². The van der Waals surface area contributed by atoms with Crippen molar-refractivity contribution >= 4 is 24.2 Å². The summed E-state index contributed by atoms with van der Waals surface area (Å²) < 4.78 is 0. The molecular weight excluding hydrogens is 278 g/mol. The van der Waals surface area contributed by atoms with Gasteiger partial charge < -0.3 is 16.4 Å². The Hall–Kier alpha value is -0.810. The molecule has 1 unspecified atom stereocenters. The third-order valence-electron chi connectivity index (χ3n) is 3.97. The van der Waals surface area contributed by atoms with Crippen LogP contribution in [0.3, 0.4) is 0 Å². The van der Waals surface area contributed by atoms with Crippen LogP contribution in [-0.2, 0) is 9.59 Å². The van der Waals surface area contributed by atoms with Gasteiger partial charge in [-0.05, 0) is 38.6 Å². The summed E-state index contributed by atoms with van der Waals surface area (Å²) in [6.07, 6.45) is 4.30. The Morgan fingerprint density at radius 2 is 2.05 bits per heavy atom. The number of halogens is 1. The molecule has 5 nitrogen and oxygen atoms in total. The van der Waals surface area contributed by atoms with E-state index in [0.717, 1.165) is 25.7 Å². The first kappa shape index (κ1) is 19.2. The van der Waals surface area contributed by atoms with Crippen LogP contribution in [0.15, 0.2) is 0 Å². The molecule has 2 amide bonds. The summed E-state index contributed by atoms with van der Waals surface area (Å²) in [6, 6.07) is 0.194. The molecule has 20 heavy (non-hydrogen) atoms. The van der Waals surface area contributed by atoms with E-state index in [0.29, 0.717) is 25.4 Å². The van der Waals surface area contributed by atoms with Gasteiger partial charge in [-0.3, -0.25) is 9.59 Å². The average Bonchev–Trinajstić information content (AvgIpc) is 2.86. The zero-order chi connectivity index (χ0) is 14.3. The predicted octanol–water partition coefficient (Wildman–Crippen LogP) is 1.20. The summed E-state index contributed by atoms with van der Waals surface area (Å²) in [5.74, 6) is 0.414. The fourth-order valence-corrected chi connectivity index (χ4v) is 2.54. The van der Waals surface area contributed by atoms with Crippen LogP contribution < -0.4 is 16.4 Å². The Labute approximate surface area is 127 Å². The molecule has 1 aliphatic rings. The van der Waals surface area contributed by atoms with E-state index < -0.39 is 0 Å². The van der Waals surface area contributed by atoms with Gasteiger partial charge in [0, 0.05) is 24.9 Å². The first-order valence-corrected chi connectivity index (χ1v) is 7.35. The fourth-order valence-electron chi connectivity index (χ4n) is 2.54. The van der Waals surface area contributed by atoms with Crippen LogP contribution >= 0.6 is 12.4 Å². The zero-order valence-electron chi connectivity index (χ0n) is 12.5. The third-order valence-corrected chi connectivity index (χ3v) is 3.97. The molecule has 1 saturated carbocycles. The highest BCUT2D eigenvalue weighted by Crippen LogP contribution is 2.30. The van der Waals surface area contributed by atoms with Crippen LogP contribution in [0.2, 0.25) is 0 Å². The molecule has 0 aromatic carbocycles. The van der Waals surface area contributed by atoms with Gasteiger partial charge in [-0.25, -0.2) is 0 Å². The van der Waals surface area contributed by atoms with Crippen molar-refractivity contribution in [2.24, 2.45) is 17.6 Å². The Morgan fingerprint density at radius 3 is 2.65 bits per heavy atom. The van der Waals surface area contributed by atoms with Gasteiger partial charge in [0.25, 0.3) is 0 Å². The fraction of sp³-hybridized carbons (Fsp3) is 0.857. The normalized spacial score (nSPS) is 22.8. The van der Waals surface area contributed by atoms with Crippen LogP contribution in [0, 0.1) is 11.8 Å². The second kappa shape index (κ2) is 10.00. The second-order valence-electron chi connectivity index (χ2n) is 5.45. The lowest BCUT2D eigenvalue weighted by Gasteiger charge is -2.17. The second-order valence-corrected chi connectivity index (χ2v) is 5.45. The molecule has 3 atom stereocenters. The van der Waals surface area contributed by atoms with Crippen molar-refractivity contribution in [2.75, 3.05) is 13.1 Å². The molecule has 0 radical (unpaired) electrons. The van der Waals surface area contributed by atoms with Crippen LogP contribution in [-0.4, -0.2) is 30.9 Å². The summed E-state index contributed by atoms with van der Waals surface area (Å²) in [5.41, 5.74) is 5.66. The van der Waals surface area contributed by atoms with E-state index >= 15 is 0 Å². The van der Waals surface area contributed by atoms with Crippen molar-refractivity contribution in [1.29, 1.82) is 0 Å². The number of amides is 2. The van der Waals surface area contributed by atoms with E-state index in [4.69, 9.17) is 5.73 Å². The maximum Gasteiger partial charge on any atom is 0.223 e. The van der Waals surface area contributed by atoms with Gasteiger partial charge in [0.05, 0.1) is 0 Å². The number of carbonyl (C=O) groups is 2. The topological polar surface area (TPSA) is 84.2 Å². The van der Waals surface area contributed by atoms with Gasteiger partial charge in [-0.2, -0.15) is 0 Å². The highest BCUT2D eigenvalue weighted by Gasteiger charge is 2.31. The lowest BCUT2D eigenvalue weighted by Crippen LogP contribution is -2.38. The molecule has 0 spiro atoms. The first-order valence-electron chi connectivity index (χ1n) is 7.35. The molecule has 1 aliphatic carbocycles. The smallest absolute Gasteiger partial charge is 0.223 e. The summed E-state index contributed by atoms with van der Waals surface area (Å²) in [4.78, 5) is 23.5. The van der Waals surface area contributed by atoms with Crippen molar-refractivity contribution in [3.05, 3.63) is 0 Å². The summed E-state index contributed by atoms with van der Waals surface area (Å²) >= 11 is 0. The number of rotatable bonds is 7. The van der Waals surface area contributed by atoms with E-state index in [1.165, 1.54) is 0 Å². The number of carbonyl (C=O) groups excluding carboxylic acids is 2. The SMILES string of the molecule is CCC(C)NC(=O)CCNC(=O)[C@@H]1CCC[C@@H]1CN.Cl. The molecule has 4 N–H and O–H groups in total. The summed E-state index contributed by atoms with van der Waals surface area (Å²) in [5, 5.41) is 5.74. The minimum atomic E-state index is -0.00329. The van der Waals surface area contributed by atoms with Crippen molar-refractivity contribution in [2.45, 2.75) is 52.0 Å². The molecule has 0 saturated heterocycles. The Morgan fingerprint density at radius 1 is 1.35 bits per heavy atom. The number of hydrogen-bond acceptors (Lipinski definition) is 3. The van der Waals surface area contributed by atoms with Crippen LogP contribution in [0.1, 0.15) is 46.0 Å². The molecule has 0 aromatic rings. The maximum atomic E-state index is 12.0. The van der Waals surface area contributed by atoms with E-state index in [2.05, 4.69) is 10.6 Å². The average molecular weight is 306 g/mol. The predicted molar refractivity (Wildman–Crippen MR) is 82.7 cm³/mol. The van der Waals surface area contributed by atoms with Crippen molar-refractivity contribution in [1.82, 2.24) is 10.6 Å². The van der Waals surface area contributed by atoms with E-state index in [-0.39, 0.29) is 36.2 Å². The molecule has 1 fully saturated rings. The Kier molecular flexibility index (Phi) is 9.59. The molecule has 0 aromatic heterocycles. The van der Waals surface area contributed by atoms with Crippen molar-refractivity contribution < 1.29 is 9.59 Å². The molecule has 0 bridgehead atoms. The summed E-state index contributed by atoms with van der Waals surface area (Å²) in [7, 11) is 0. The lowest BCUT2D eigenvalue weighted by molar-refractivity contribution is -0.126. The van der Waals surface area contributed by atoms with E-state index in [1.807, 2.05) is 13.8 Å². The first-order chi connectivity index (χ1) is 9.08. The van der Waals surface area contributed by atoms with Gasteiger partial charge in [-0.1, -0.05) is 13.3 Å². The van der Waals surface area contributed by atoms with Gasteiger partial charge in [0.2, 0.25) is 11.8 Å². The molecule has 6 heteroatoms. The van der Waals surface area contributed by atoms with Crippen LogP contribution in [0.25, 0.3) is 0 Å². The highest BCUT2D eigenvalue weighted by atomic mass is 35.5. The van der Waals surface area contributed by atoms with Crippen LogP contribution in [0.4, 0.5) is 0 Å². The molecule has 0 heterocycles. The Bertz CT molecular complexity index is 313.